The minimum absolute atomic E-state index is 0.0164. The summed E-state index contributed by atoms with van der Waals surface area (Å²) >= 11 is 1.43. The second-order valence-corrected chi connectivity index (χ2v) is 5.23. The Kier molecular flexibility index (Phi) is 4.38. The van der Waals surface area contributed by atoms with Crippen LogP contribution in [0.5, 0.6) is 0 Å². The van der Waals surface area contributed by atoms with Crippen LogP contribution in [-0.2, 0) is 4.79 Å². The third-order valence-corrected chi connectivity index (χ3v) is 3.60. The summed E-state index contributed by atoms with van der Waals surface area (Å²) in [5.74, 6) is -0.859. The molecular weight excluding hydrogens is 222 g/mol. The van der Waals surface area contributed by atoms with Gasteiger partial charge < -0.3 is 10.8 Å². The Morgan fingerprint density at radius 3 is 2.31 bits per heavy atom. The number of nitrogens with two attached hydrogens (primary N) is 1. The van der Waals surface area contributed by atoms with Gasteiger partial charge in [-0.1, -0.05) is 17.7 Å². The molecule has 0 fully saturated rings. The smallest absolute Gasteiger partial charge is 0.305 e. The van der Waals surface area contributed by atoms with Crippen molar-refractivity contribution in [3.63, 3.8) is 0 Å². The number of carbonyl (C=O) groups is 1. The van der Waals surface area contributed by atoms with E-state index in [1.165, 1.54) is 17.3 Å². The lowest BCUT2D eigenvalue weighted by Crippen LogP contribution is -2.19. The molecule has 0 spiro atoms. The average molecular weight is 239 g/mol. The zero-order valence-corrected chi connectivity index (χ0v) is 10.6. The lowest BCUT2D eigenvalue weighted by molar-refractivity contribution is -0.136. The maximum Gasteiger partial charge on any atom is 0.305 e. The molecule has 1 rings (SSSR count). The Bertz CT molecular complexity index is 381. The van der Waals surface area contributed by atoms with E-state index in [-0.39, 0.29) is 6.42 Å². The van der Waals surface area contributed by atoms with Gasteiger partial charge in [0, 0.05) is 4.90 Å². The zero-order chi connectivity index (χ0) is 12.3. The first-order valence-electron chi connectivity index (χ1n) is 5.12. The van der Waals surface area contributed by atoms with Crippen molar-refractivity contribution in [2.45, 2.75) is 37.5 Å². The van der Waals surface area contributed by atoms with E-state index in [9.17, 15) is 4.79 Å². The summed E-state index contributed by atoms with van der Waals surface area (Å²) in [6.07, 6.45) is -0.0164. The van der Waals surface area contributed by atoms with Gasteiger partial charge in [0.1, 0.15) is 0 Å². The number of hydrogen-bond donors (Lipinski definition) is 2. The third kappa shape index (κ3) is 3.54. The number of thioether (sulfide) groups is 1. The predicted octanol–water partition coefficient (Wildman–Crippen LogP) is 2.46. The fraction of sp³-hybridized carbons (Fsp3) is 0.417. The number of hydrogen-bond acceptors (Lipinski definition) is 3. The highest BCUT2D eigenvalue weighted by molar-refractivity contribution is 8.00. The van der Waals surface area contributed by atoms with E-state index in [1.54, 1.807) is 0 Å². The minimum atomic E-state index is -0.859. The topological polar surface area (TPSA) is 63.3 Å². The van der Waals surface area contributed by atoms with Gasteiger partial charge in [0.05, 0.1) is 11.8 Å². The van der Waals surface area contributed by atoms with E-state index in [0.717, 1.165) is 16.0 Å². The Morgan fingerprint density at radius 1 is 1.38 bits per heavy atom. The molecule has 0 aliphatic rings. The number of aliphatic carboxylic acids is 1. The summed E-state index contributed by atoms with van der Waals surface area (Å²) in [6.45, 7) is 6.09. The maximum absolute atomic E-state index is 10.5. The van der Waals surface area contributed by atoms with Crippen LogP contribution in [0.2, 0.25) is 0 Å². The molecule has 0 saturated heterocycles. The molecule has 0 radical (unpaired) electrons. The van der Waals surface area contributed by atoms with Gasteiger partial charge in [-0.15, -0.1) is 11.8 Å². The van der Waals surface area contributed by atoms with Crippen LogP contribution in [0.25, 0.3) is 0 Å². The molecule has 0 amide bonds. The van der Waals surface area contributed by atoms with Crippen molar-refractivity contribution in [1.82, 2.24) is 0 Å². The van der Waals surface area contributed by atoms with Crippen LogP contribution in [0, 0.1) is 20.8 Å². The summed E-state index contributed by atoms with van der Waals surface area (Å²) in [6, 6.07) is 4.17. The van der Waals surface area contributed by atoms with Gasteiger partial charge in [0.25, 0.3) is 0 Å². The molecule has 0 heterocycles. The van der Waals surface area contributed by atoms with Gasteiger partial charge in [0.15, 0.2) is 0 Å². The minimum Gasteiger partial charge on any atom is -0.481 e. The van der Waals surface area contributed by atoms with Crippen molar-refractivity contribution < 1.29 is 9.90 Å². The fourth-order valence-corrected chi connectivity index (χ4v) is 2.74. The third-order valence-electron chi connectivity index (χ3n) is 2.25. The van der Waals surface area contributed by atoms with Crippen LogP contribution < -0.4 is 5.73 Å². The summed E-state index contributed by atoms with van der Waals surface area (Å²) in [4.78, 5) is 11.6. The van der Waals surface area contributed by atoms with Crippen molar-refractivity contribution in [3.8, 4) is 0 Å². The molecular formula is C12H17NO2S. The van der Waals surface area contributed by atoms with Crippen LogP contribution in [0.1, 0.15) is 23.1 Å². The Morgan fingerprint density at radius 2 is 1.88 bits per heavy atom. The van der Waals surface area contributed by atoms with Gasteiger partial charge >= 0.3 is 5.97 Å². The molecule has 16 heavy (non-hydrogen) atoms. The van der Waals surface area contributed by atoms with Gasteiger partial charge in [-0.3, -0.25) is 4.79 Å². The molecule has 0 aliphatic heterocycles. The van der Waals surface area contributed by atoms with Gasteiger partial charge in [-0.05, 0) is 31.9 Å². The van der Waals surface area contributed by atoms with Crippen LogP contribution in [-0.4, -0.2) is 16.4 Å². The highest BCUT2D eigenvalue weighted by atomic mass is 32.2. The first-order valence-corrected chi connectivity index (χ1v) is 6.00. The maximum atomic E-state index is 10.5. The molecule has 88 valence electrons. The highest BCUT2D eigenvalue weighted by Crippen LogP contribution is 2.30. The zero-order valence-electron chi connectivity index (χ0n) is 9.78. The quantitative estimate of drug-likeness (QED) is 0.626. The number of aryl methyl sites for hydroxylation is 3. The van der Waals surface area contributed by atoms with Gasteiger partial charge in [0.2, 0.25) is 0 Å². The van der Waals surface area contributed by atoms with Crippen LogP contribution in [0.3, 0.4) is 0 Å². The van der Waals surface area contributed by atoms with Gasteiger partial charge in [-0.2, -0.15) is 0 Å². The van der Waals surface area contributed by atoms with Crippen LogP contribution in [0.4, 0.5) is 0 Å². The molecule has 1 atom stereocenters. The van der Waals surface area contributed by atoms with Gasteiger partial charge in [-0.25, -0.2) is 0 Å². The van der Waals surface area contributed by atoms with Crippen molar-refractivity contribution in [2.24, 2.45) is 5.73 Å². The lowest BCUT2D eigenvalue weighted by atomic mass is 10.1. The molecule has 1 aromatic rings. The number of carboxylic acid groups (broad SMARTS) is 1. The first-order chi connectivity index (χ1) is 7.40. The molecule has 0 bridgehead atoms. The summed E-state index contributed by atoms with van der Waals surface area (Å²) < 4.78 is 0. The fourth-order valence-electron chi connectivity index (χ4n) is 1.72. The van der Waals surface area contributed by atoms with Crippen molar-refractivity contribution in [3.05, 3.63) is 28.8 Å². The second kappa shape index (κ2) is 5.37. The largest absolute Gasteiger partial charge is 0.481 e. The van der Waals surface area contributed by atoms with E-state index in [2.05, 4.69) is 12.1 Å². The van der Waals surface area contributed by atoms with Crippen molar-refractivity contribution in [1.29, 1.82) is 0 Å². The molecule has 1 aromatic carbocycles. The monoisotopic (exact) mass is 239 g/mol. The van der Waals surface area contributed by atoms with Crippen molar-refractivity contribution in [2.75, 3.05) is 0 Å². The van der Waals surface area contributed by atoms with E-state index in [4.69, 9.17) is 10.8 Å². The first kappa shape index (κ1) is 13.1. The molecule has 0 aliphatic carbocycles. The normalized spacial score (nSPS) is 12.5. The standard InChI is InChI=1S/C12H17NO2S/c1-7-4-8(2)12(9(3)5-7)16-10(13)6-11(14)15/h4-5,10H,6,13H2,1-3H3,(H,14,15). The van der Waals surface area contributed by atoms with Crippen LogP contribution >= 0.6 is 11.8 Å². The summed E-state index contributed by atoms with van der Waals surface area (Å²) in [5, 5.41) is 8.26. The second-order valence-electron chi connectivity index (χ2n) is 3.98. The van der Waals surface area contributed by atoms with E-state index in [1.807, 2.05) is 20.8 Å². The Hall–Kier alpha value is -1.00. The van der Waals surface area contributed by atoms with E-state index in [0.29, 0.717) is 0 Å². The molecule has 4 heteroatoms. The lowest BCUT2D eigenvalue weighted by Gasteiger charge is -2.14. The number of rotatable bonds is 4. The molecule has 3 N–H and O–H groups in total. The Labute approximate surface area is 100 Å². The SMILES string of the molecule is Cc1cc(C)c(SC(N)CC(=O)O)c(C)c1. The Balaban J connectivity index is 2.85. The number of carboxylic acids is 1. The number of benzene rings is 1. The van der Waals surface area contributed by atoms with Crippen molar-refractivity contribution >= 4 is 17.7 Å². The summed E-state index contributed by atoms with van der Waals surface area (Å²) in [5.41, 5.74) is 9.29. The molecule has 1 unspecified atom stereocenters. The van der Waals surface area contributed by atoms with E-state index >= 15 is 0 Å². The van der Waals surface area contributed by atoms with Crippen LogP contribution in [0.15, 0.2) is 17.0 Å². The molecule has 0 saturated carbocycles. The van der Waals surface area contributed by atoms with E-state index < -0.39 is 11.3 Å². The summed E-state index contributed by atoms with van der Waals surface area (Å²) in [7, 11) is 0. The average Bonchev–Trinajstić information content (AvgIpc) is 2.09. The highest BCUT2D eigenvalue weighted by Gasteiger charge is 2.12. The predicted molar refractivity (Wildman–Crippen MR) is 66.7 cm³/mol. The molecule has 3 nitrogen and oxygen atoms in total. The molecule has 0 aromatic heterocycles.